The van der Waals surface area contributed by atoms with Gasteiger partial charge in [0.15, 0.2) is 0 Å². The van der Waals surface area contributed by atoms with Crippen molar-refractivity contribution >= 4 is 27.7 Å². The van der Waals surface area contributed by atoms with Crippen molar-refractivity contribution in [1.29, 1.82) is 0 Å². The Hall–Kier alpha value is -2.99. The number of aliphatic hydroxyl groups excluding tert-OH is 1. The molecule has 0 saturated carbocycles. The number of nitrogens with one attached hydrogen (secondary N) is 2. The van der Waals surface area contributed by atoms with Crippen molar-refractivity contribution in [1.82, 2.24) is 10.0 Å². The molecule has 2 amide bonds. The molecule has 10 nitrogen and oxygen atoms in total. The zero-order valence-corrected chi connectivity index (χ0v) is 22.9. The molecule has 2 aromatic rings. The first-order chi connectivity index (χ1) is 17.9. The molecule has 5 N–H and O–H groups in total. The van der Waals surface area contributed by atoms with Crippen molar-refractivity contribution in [2.75, 3.05) is 25.1 Å². The standard InChI is InChI=1S/C27H38N4O6S/c1-27(2,14-22(28)24(32)16-29-38(35,36)18-19-9-5-4-6-10-19)15-25(33)31-17-21(30-26(34)37-3)13-20-11-7-8-12-23(20)31/h4-12,21-22,24,29,32H,13-18,28H2,1-3H3,(H,30,34)/t21?,22-,24-/m0/s1. The van der Waals surface area contributed by atoms with Crippen molar-refractivity contribution in [2.45, 2.75) is 57.1 Å². The number of rotatable bonds is 11. The molecular weight excluding hydrogens is 508 g/mol. The number of nitrogens with zero attached hydrogens (tertiary/aromatic N) is 1. The molecule has 1 unspecified atom stereocenters. The number of hydrogen-bond donors (Lipinski definition) is 4. The van der Waals surface area contributed by atoms with Crippen LogP contribution in [0.1, 0.15) is 37.8 Å². The average Bonchev–Trinajstić information content (AvgIpc) is 2.86. The molecule has 0 aromatic heterocycles. The van der Waals surface area contributed by atoms with E-state index in [9.17, 15) is 23.1 Å². The fraction of sp³-hybridized carbons (Fsp3) is 0.481. The largest absolute Gasteiger partial charge is 0.453 e. The zero-order valence-electron chi connectivity index (χ0n) is 22.1. The van der Waals surface area contributed by atoms with Crippen molar-refractivity contribution in [3.8, 4) is 0 Å². The number of carbonyl (C=O) groups excluding carboxylic acids is 2. The predicted octanol–water partition coefficient (Wildman–Crippen LogP) is 1.91. The Morgan fingerprint density at radius 3 is 2.50 bits per heavy atom. The summed E-state index contributed by atoms with van der Waals surface area (Å²) in [6, 6.07) is 15.3. The molecule has 3 atom stereocenters. The normalized spacial score (nSPS) is 17.3. The average molecular weight is 547 g/mol. The van der Waals surface area contributed by atoms with Crippen LogP contribution >= 0.6 is 0 Å². The molecule has 11 heteroatoms. The second-order valence-electron chi connectivity index (χ2n) is 10.5. The summed E-state index contributed by atoms with van der Waals surface area (Å²) < 4.78 is 31.9. The highest BCUT2D eigenvalue weighted by atomic mass is 32.2. The van der Waals surface area contributed by atoms with Crippen LogP contribution in [0.2, 0.25) is 0 Å². The van der Waals surface area contributed by atoms with Crippen LogP contribution in [0, 0.1) is 5.41 Å². The van der Waals surface area contributed by atoms with Gasteiger partial charge in [-0.25, -0.2) is 17.9 Å². The maximum Gasteiger partial charge on any atom is 0.407 e. The summed E-state index contributed by atoms with van der Waals surface area (Å²) in [4.78, 5) is 26.9. The maximum atomic E-state index is 13.4. The van der Waals surface area contributed by atoms with E-state index in [1.807, 2.05) is 38.1 Å². The minimum Gasteiger partial charge on any atom is -0.453 e. The molecule has 3 rings (SSSR count). The van der Waals surface area contributed by atoms with E-state index in [0.717, 1.165) is 11.3 Å². The summed E-state index contributed by atoms with van der Waals surface area (Å²) in [6.07, 6.45) is -0.664. The number of nitrogens with two attached hydrogens (primary N) is 1. The number of carbonyl (C=O) groups is 2. The number of fused-ring (bicyclic) bond motifs is 1. The Balaban J connectivity index is 1.58. The Labute approximate surface area is 224 Å². The zero-order chi connectivity index (χ0) is 27.9. The van der Waals surface area contributed by atoms with Gasteiger partial charge >= 0.3 is 6.09 Å². The molecule has 2 aromatic carbocycles. The molecule has 1 aliphatic rings. The number of para-hydroxylation sites is 1. The number of sulfonamides is 1. The lowest BCUT2D eigenvalue weighted by molar-refractivity contribution is -0.120. The summed E-state index contributed by atoms with van der Waals surface area (Å²) in [6.45, 7) is 3.85. The van der Waals surface area contributed by atoms with Gasteiger partial charge < -0.3 is 25.8 Å². The van der Waals surface area contributed by atoms with Crippen LogP contribution in [-0.4, -0.2) is 63.9 Å². The first kappa shape index (κ1) is 29.6. The molecule has 1 heterocycles. The van der Waals surface area contributed by atoms with Crippen LogP contribution in [0.15, 0.2) is 54.6 Å². The van der Waals surface area contributed by atoms with Crippen LogP contribution < -0.4 is 20.7 Å². The van der Waals surface area contributed by atoms with E-state index < -0.39 is 33.7 Å². The fourth-order valence-electron chi connectivity index (χ4n) is 4.71. The van der Waals surface area contributed by atoms with E-state index in [1.54, 1.807) is 35.2 Å². The number of benzene rings is 2. The van der Waals surface area contributed by atoms with Crippen LogP contribution in [0.25, 0.3) is 0 Å². The van der Waals surface area contributed by atoms with Gasteiger partial charge in [0, 0.05) is 31.2 Å². The second-order valence-corrected chi connectivity index (χ2v) is 12.3. The van der Waals surface area contributed by atoms with Crippen molar-refractivity contribution < 1.29 is 27.9 Å². The summed E-state index contributed by atoms with van der Waals surface area (Å²) in [5.74, 6) is -0.331. The number of methoxy groups -OCH3 is 1. The lowest BCUT2D eigenvalue weighted by Gasteiger charge is -2.37. The third-order valence-corrected chi connectivity index (χ3v) is 7.90. The fourth-order valence-corrected chi connectivity index (χ4v) is 5.87. The van der Waals surface area contributed by atoms with Gasteiger partial charge in [-0.1, -0.05) is 62.4 Å². The van der Waals surface area contributed by atoms with E-state index in [-0.39, 0.29) is 30.7 Å². The second kappa shape index (κ2) is 12.7. The Bertz CT molecular complexity index is 1210. The number of alkyl carbamates (subject to hydrolysis) is 1. The van der Waals surface area contributed by atoms with Gasteiger partial charge in [-0.2, -0.15) is 0 Å². The van der Waals surface area contributed by atoms with Crippen LogP contribution in [0.3, 0.4) is 0 Å². The molecule has 208 valence electrons. The van der Waals surface area contributed by atoms with Gasteiger partial charge in [0.1, 0.15) is 0 Å². The first-order valence-electron chi connectivity index (χ1n) is 12.6. The van der Waals surface area contributed by atoms with E-state index >= 15 is 0 Å². The summed E-state index contributed by atoms with van der Waals surface area (Å²) in [5, 5.41) is 13.3. The Kier molecular flexibility index (Phi) is 9.88. The maximum absolute atomic E-state index is 13.4. The van der Waals surface area contributed by atoms with Crippen molar-refractivity contribution in [3.63, 3.8) is 0 Å². The van der Waals surface area contributed by atoms with Gasteiger partial charge in [-0.15, -0.1) is 0 Å². The third-order valence-electron chi connectivity index (χ3n) is 6.58. The lowest BCUT2D eigenvalue weighted by Crippen LogP contribution is -2.51. The minimum absolute atomic E-state index is 0.135. The van der Waals surface area contributed by atoms with E-state index in [2.05, 4.69) is 10.0 Å². The van der Waals surface area contributed by atoms with Gasteiger partial charge in [0.05, 0.1) is 25.0 Å². The number of anilines is 1. The molecule has 0 bridgehead atoms. The predicted molar refractivity (Wildman–Crippen MR) is 146 cm³/mol. The molecule has 0 saturated heterocycles. The van der Waals surface area contributed by atoms with Crippen LogP contribution in [-0.2, 0) is 31.7 Å². The third kappa shape index (κ3) is 8.52. The van der Waals surface area contributed by atoms with Crippen LogP contribution in [0.5, 0.6) is 0 Å². The Morgan fingerprint density at radius 2 is 1.82 bits per heavy atom. The molecule has 0 aliphatic carbocycles. The number of aliphatic hydroxyl groups is 1. The van der Waals surface area contributed by atoms with Gasteiger partial charge in [-0.3, -0.25) is 4.79 Å². The number of amides is 2. The van der Waals surface area contributed by atoms with Gasteiger partial charge in [0.25, 0.3) is 0 Å². The molecule has 0 spiro atoms. The highest BCUT2D eigenvalue weighted by molar-refractivity contribution is 7.88. The molecular formula is C27H38N4O6S. The highest BCUT2D eigenvalue weighted by Crippen LogP contribution is 2.32. The number of ether oxygens (including phenoxy) is 1. The van der Waals surface area contributed by atoms with E-state index in [1.165, 1.54) is 7.11 Å². The summed E-state index contributed by atoms with van der Waals surface area (Å²) >= 11 is 0. The monoisotopic (exact) mass is 546 g/mol. The smallest absolute Gasteiger partial charge is 0.407 e. The molecule has 38 heavy (non-hydrogen) atoms. The van der Waals surface area contributed by atoms with Gasteiger partial charge in [-0.05, 0) is 35.4 Å². The van der Waals surface area contributed by atoms with Crippen molar-refractivity contribution in [3.05, 3.63) is 65.7 Å². The quantitative estimate of drug-likeness (QED) is 0.336. The van der Waals surface area contributed by atoms with Crippen molar-refractivity contribution in [2.24, 2.45) is 11.1 Å². The number of hydrogen-bond acceptors (Lipinski definition) is 7. The molecule has 0 radical (unpaired) electrons. The first-order valence-corrected chi connectivity index (χ1v) is 14.2. The minimum atomic E-state index is -3.65. The highest BCUT2D eigenvalue weighted by Gasteiger charge is 2.34. The van der Waals surface area contributed by atoms with Gasteiger partial charge in [0.2, 0.25) is 15.9 Å². The topological polar surface area (TPSA) is 151 Å². The summed E-state index contributed by atoms with van der Waals surface area (Å²) in [7, 11) is -2.35. The van der Waals surface area contributed by atoms with E-state index in [4.69, 9.17) is 10.5 Å². The molecule has 0 fully saturated rings. The van der Waals surface area contributed by atoms with Crippen LogP contribution in [0.4, 0.5) is 10.5 Å². The summed E-state index contributed by atoms with van der Waals surface area (Å²) in [5.41, 5.74) is 8.04. The van der Waals surface area contributed by atoms with E-state index in [0.29, 0.717) is 24.9 Å². The molecule has 1 aliphatic heterocycles. The SMILES string of the molecule is COC(=O)NC1Cc2ccccc2N(C(=O)CC(C)(C)C[C@H](N)[C@@H](O)CNS(=O)(=O)Cc2ccccc2)C1. The lowest BCUT2D eigenvalue weighted by atomic mass is 9.80. The Morgan fingerprint density at radius 1 is 1.16 bits per heavy atom.